The number of nitro groups is 2. The molecule has 9 heteroatoms. The standard InChI is InChI=1S/C21H17N3O6/c1-13-8-18(20(25)9-14(13)2)22-12-15-4-3-5-17(10-15)30-21-7-6-16(23(26)27)11-19(21)24(28)29/h3-12,25H,1-2H3. The number of aromatic hydroxyl groups is 1. The fourth-order valence-electron chi connectivity index (χ4n) is 2.67. The minimum absolute atomic E-state index is 0.0586. The number of phenols is 1. The Morgan fingerprint density at radius 2 is 1.70 bits per heavy atom. The number of nitrogens with zero attached hydrogens (tertiary/aromatic N) is 3. The van der Waals surface area contributed by atoms with Crippen molar-refractivity contribution in [2.24, 2.45) is 4.99 Å². The molecule has 0 atom stereocenters. The number of ether oxygens (including phenoxy) is 1. The van der Waals surface area contributed by atoms with Crippen LogP contribution in [0, 0.1) is 34.1 Å². The van der Waals surface area contributed by atoms with Crippen molar-refractivity contribution in [1.82, 2.24) is 0 Å². The molecule has 0 aliphatic heterocycles. The molecule has 0 amide bonds. The average Bonchev–Trinajstić information content (AvgIpc) is 2.70. The monoisotopic (exact) mass is 407 g/mol. The summed E-state index contributed by atoms with van der Waals surface area (Å²) in [7, 11) is 0. The average molecular weight is 407 g/mol. The molecule has 0 spiro atoms. The summed E-state index contributed by atoms with van der Waals surface area (Å²) in [6.07, 6.45) is 1.53. The Morgan fingerprint density at radius 3 is 2.40 bits per heavy atom. The second-order valence-electron chi connectivity index (χ2n) is 6.52. The van der Waals surface area contributed by atoms with Gasteiger partial charge >= 0.3 is 5.69 Å². The first-order valence-electron chi connectivity index (χ1n) is 8.79. The van der Waals surface area contributed by atoms with E-state index in [-0.39, 0.29) is 11.5 Å². The fourth-order valence-corrected chi connectivity index (χ4v) is 2.67. The van der Waals surface area contributed by atoms with E-state index in [1.807, 2.05) is 13.8 Å². The fraction of sp³-hybridized carbons (Fsp3) is 0.0952. The zero-order valence-electron chi connectivity index (χ0n) is 16.1. The molecule has 0 heterocycles. The molecule has 0 saturated heterocycles. The molecule has 0 aliphatic rings. The van der Waals surface area contributed by atoms with Crippen LogP contribution in [0.15, 0.2) is 59.6 Å². The Hall–Kier alpha value is -4.27. The van der Waals surface area contributed by atoms with Crippen molar-refractivity contribution >= 4 is 23.3 Å². The van der Waals surface area contributed by atoms with Crippen LogP contribution in [0.5, 0.6) is 17.2 Å². The van der Waals surface area contributed by atoms with E-state index >= 15 is 0 Å². The van der Waals surface area contributed by atoms with Crippen molar-refractivity contribution in [3.63, 3.8) is 0 Å². The molecular weight excluding hydrogens is 390 g/mol. The lowest BCUT2D eigenvalue weighted by Gasteiger charge is -2.07. The van der Waals surface area contributed by atoms with Gasteiger partial charge < -0.3 is 9.84 Å². The van der Waals surface area contributed by atoms with Gasteiger partial charge in [0.05, 0.1) is 15.9 Å². The molecule has 30 heavy (non-hydrogen) atoms. The number of hydrogen-bond acceptors (Lipinski definition) is 7. The van der Waals surface area contributed by atoms with Crippen LogP contribution in [0.2, 0.25) is 0 Å². The van der Waals surface area contributed by atoms with Crippen LogP contribution in [0.1, 0.15) is 16.7 Å². The van der Waals surface area contributed by atoms with Gasteiger partial charge in [0.2, 0.25) is 5.75 Å². The molecule has 0 fully saturated rings. The number of aliphatic imine (C=N–C) groups is 1. The maximum atomic E-state index is 11.3. The third-order valence-electron chi connectivity index (χ3n) is 4.38. The van der Waals surface area contributed by atoms with Gasteiger partial charge in [-0.05, 0) is 60.9 Å². The summed E-state index contributed by atoms with van der Waals surface area (Å²) < 4.78 is 5.58. The molecule has 9 nitrogen and oxygen atoms in total. The number of rotatable bonds is 6. The summed E-state index contributed by atoms with van der Waals surface area (Å²) in [4.78, 5) is 24.9. The predicted molar refractivity (Wildman–Crippen MR) is 111 cm³/mol. The second-order valence-corrected chi connectivity index (χ2v) is 6.52. The number of aryl methyl sites for hydroxylation is 2. The van der Waals surface area contributed by atoms with Gasteiger partial charge in [0.15, 0.2) is 0 Å². The first-order chi connectivity index (χ1) is 14.2. The highest BCUT2D eigenvalue weighted by molar-refractivity contribution is 5.83. The maximum Gasteiger partial charge on any atom is 0.318 e. The Balaban J connectivity index is 1.87. The van der Waals surface area contributed by atoms with Crippen LogP contribution in [0.25, 0.3) is 0 Å². The van der Waals surface area contributed by atoms with Gasteiger partial charge in [-0.25, -0.2) is 0 Å². The van der Waals surface area contributed by atoms with Crippen molar-refractivity contribution in [3.8, 4) is 17.2 Å². The first kappa shape index (κ1) is 20.5. The number of hydrogen-bond donors (Lipinski definition) is 1. The third kappa shape index (κ3) is 4.58. The van der Waals surface area contributed by atoms with Gasteiger partial charge in [-0.3, -0.25) is 25.2 Å². The summed E-state index contributed by atoms with van der Waals surface area (Å²) in [5.41, 5.74) is 2.07. The summed E-state index contributed by atoms with van der Waals surface area (Å²) >= 11 is 0. The molecule has 3 aromatic rings. The van der Waals surface area contributed by atoms with E-state index in [2.05, 4.69) is 4.99 Å². The SMILES string of the molecule is Cc1cc(O)c(N=Cc2cccc(Oc3ccc([N+](=O)[O-])cc3[N+](=O)[O-])c2)cc1C. The van der Waals surface area contributed by atoms with Crippen molar-refractivity contribution < 1.29 is 19.7 Å². The summed E-state index contributed by atoms with van der Waals surface area (Å²) in [6.45, 7) is 3.81. The van der Waals surface area contributed by atoms with E-state index in [0.29, 0.717) is 17.0 Å². The Labute approximate surface area is 171 Å². The molecule has 1 N–H and O–H groups in total. The minimum atomic E-state index is -0.740. The van der Waals surface area contributed by atoms with Crippen LogP contribution < -0.4 is 4.74 Å². The summed E-state index contributed by atoms with van der Waals surface area (Å²) in [6, 6.07) is 13.2. The van der Waals surface area contributed by atoms with Crippen LogP contribution in [-0.2, 0) is 0 Å². The van der Waals surface area contributed by atoms with E-state index < -0.39 is 21.2 Å². The van der Waals surface area contributed by atoms with Crippen molar-refractivity contribution in [1.29, 1.82) is 0 Å². The van der Waals surface area contributed by atoms with Gasteiger partial charge in [-0.1, -0.05) is 12.1 Å². The predicted octanol–water partition coefficient (Wildman–Crippen LogP) is 5.37. The van der Waals surface area contributed by atoms with Crippen LogP contribution in [-0.4, -0.2) is 21.2 Å². The highest BCUT2D eigenvalue weighted by Crippen LogP contribution is 2.34. The number of nitro benzene ring substituents is 2. The molecule has 0 unspecified atom stereocenters. The molecule has 0 bridgehead atoms. The van der Waals surface area contributed by atoms with Crippen molar-refractivity contribution in [3.05, 3.63) is 91.5 Å². The van der Waals surface area contributed by atoms with Gasteiger partial charge in [0.25, 0.3) is 5.69 Å². The maximum absolute atomic E-state index is 11.3. The molecule has 0 aliphatic carbocycles. The molecule has 0 radical (unpaired) electrons. The van der Waals surface area contributed by atoms with E-state index in [4.69, 9.17) is 4.74 Å². The topological polar surface area (TPSA) is 128 Å². The Kier molecular flexibility index (Phi) is 5.73. The van der Waals surface area contributed by atoms with Gasteiger partial charge in [-0.15, -0.1) is 0 Å². The zero-order valence-corrected chi connectivity index (χ0v) is 16.1. The normalized spacial score (nSPS) is 10.9. The first-order valence-corrected chi connectivity index (χ1v) is 8.79. The second kappa shape index (κ2) is 8.39. The van der Waals surface area contributed by atoms with Gasteiger partial charge in [-0.2, -0.15) is 0 Å². The largest absolute Gasteiger partial charge is 0.506 e. The molecule has 3 rings (SSSR count). The van der Waals surface area contributed by atoms with Crippen LogP contribution in [0.4, 0.5) is 17.1 Å². The highest BCUT2D eigenvalue weighted by atomic mass is 16.6. The van der Waals surface area contributed by atoms with E-state index in [1.165, 1.54) is 12.3 Å². The number of benzene rings is 3. The molecule has 152 valence electrons. The highest BCUT2D eigenvalue weighted by Gasteiger charge is 2.21. The van der Waals surface area contributed by atoms with E-state index in [0.717, 1.165) is 23.3 Å². The lowest BCUT2D eigenvalue weighted by Crippen LogP contribution is -1.96. The van der Waals surface area contributed by atoms with Crippen molar-refractivity contribution in [2.75, 3.05) is 0 Å². The molecular formula is C21H17N3O6. The van der Waals surface area contributed by atoms with E-state index in [1.54, 1.807) is 36.4 Å². The molecule has 0 saturated carbocycles. The molecule has 3 aromatic carbocycles. The molecule has 0 aromatic heterocycles. The summed E-state index contributed by atoms with van der Waals surface area (Å²) in [5, 5.41) is 32.1. The Bertz CT molecular complexity index is 1170. The lowest BCUT2D eigenvalue weighted by atomic mass is 10.1. The zero-order chi connectivity index (χ0) is 21.8. The number of phenolic OH excluding ortho intramolecular Hbond substituents is 1. The minimum Gasteiger partial charge on any atom is -0.506 e. The smallest absolute Gasteiger partial charge is 0.318 e. The van der Waals surface area contributed by atoms with Crippen molar-refractivity contribution in [2.45, 2.75) is 13.8 Å². The summed E-state index contributed by atoms with van der Waals surface area (Å²) in [5.74, 6) is 0.231. The van der Waals surface area contributed by atoms with Crippen LogP contribution >= 0.6 is 0 Å². The van der Waals surface area contributed by atoms with Gasteiger partial charge in [0, 0.05) is 12.3 Å². The quantitative estimate of drug-likeness (QED) is 0.332. The van der Waals surface area contributed by atoms with E-state index in [9.17, 15) is 25.3 Å². The number of non-ortho nitro benzene ring substituents is 1. The third-order valence-corrected chi connectivity index (χ3v) is 4.38. The lowest BCUT2D eigenvalue weighted by molar-refractivity contribution is -0.394. The van der Waals surface area contributed by atoms with Crippen LogP contribution in [0.3, 0.4) is 0 Å². The Morgan fingerprint density at radius 1 is 0.967 bits per heavy atom. The van der Waals surface area contributed by atoms with Gasteiger partial charge in [0.1, 0.15) is 17.2 Å².